The molecule has 0 aliphatic carbocycles. The van der Waals surface area contributed by atoms with E-state index in [2.05, 4.69) is 49.7 Å². The minimum atomic E-state index is 0.606. The van der Waals surface area contributed by atoms with E-state index < -0.39 is 0 Å². The number of likely N-dealkylation sites (N-methyl/N-ethyl adjacent to an activating group) is 1. The first kappa shape index (κ1) is 15.9. The first-order chi connectivity index (χ1) is 8.56. The van der Waals surface area contributed by atoms with Crippen molar-refractivity contribution in [2.24, 2.45) is 5.92 Å². The van der Waals surface area contributed by atoms with Crippen molar-refractivity contribution in [1.29, 1.82) is 0 Å². The van der Waals surface area contributed by atoms with Crippen LogP contribution in [0.25, 0.3) is 0 Å². The maximum absolute atomic E-state index is 3.54. The molecule has 0 radical (unpaired) electrons. The van der Waals surface area contributed by atoms with Gasteiger partial charge in [0.1, 0.15) is 0 Å². The van der Waals surface area contributed by atoms with Gasteiger partial charge in [0.05, 0.1) is 0 Å². The van der Waals surface area contributed by atoms with Gasteiger partial charge in [0.25, 0.3) is 0 Å². The Kier molecular flexibility index (Phi) is 7.20. The Morgan fingerprint density at radius 2 is 1.89 bits per heavy atom. The lowest BCUT2D eigenvalue weighted by Crippen LogP contribution is -2.39. The summed E-state index contributed by atoms with van der Waals surface area (Å²) in [5.41, 5.74) is 0. The van der Waals surface area contributed by atoms with Crippen molar-refractivity contribution in [3.8, 4) is 0 Å². The summed E-state index contributed by atoms with van der Waals surface area (Å²) in [5.74, 6) is 0.753. The van der Waals surface area contributed by atoms with Crippen LogP contribution in [0.2, 0.25) is 0 Å². The van der Waals surface area contributed by atoms with Crippen LogP contribution < -0.4 is 5.32 Å². The van der Waals surface area contributed by atoms with Crippen LogP contribution in [-0.4, -0.2) is 61.2 Å². The molecule has 0 bridgehead atoms. The molecule has 3 nitrogen and oxygen atoms in total. The third-order valence-electron chi connectivity index (χ3n) is 4.02. The molecule has 2 atom stereocenters. The molecule has 108 valence electrons. The highest BCUT2D eigenvalue weighted by molar-refractivity contribution is 4.83. The van der Waals surface area contributed by atoms with Crippen LogP contribution in [0, 0.1) is 5.92 Å². The maximum atomic E-state index is 3.54. The van der Waals surface area contributed by atoms with E-state index in [0.29, 0.717) is 6.04 Å². The van der Waals surface area contributed by atoms with Crippen molar-refractivity contribution in [3.63, 3.8) is 0 Å². The Balaban J connectivity index is 2.25. The molecule has 1 aliphatic heterocycles. The second kappa shape index (κ2) is 8.13. The van der Waals surface area contributed by atoms with Gasteiger partial charge >= 0.3 is 0 Å². The number of nitrogens with one attached hydrogen (secondary N) is 1. The molecule has 1 aliphatic rings. The van der Waals surface area contributed by atoms with E-state index in [1.54, 1.807) is 0 Å². The number of hydrogen-bond donors (Lipinski definition) is 1. The molecule has 1 saturated heterocycles. The van der Waals surface area contributed by atoms with Crippen molar-refractivity contribution >= 4 is 0 Å². The molecule has 1 heterocycles. The van der Waals surface area contributed by atoms with Gasteiger partial charge in [-0.05, 0) is 38.5 Å². The van der Waals surface area contributed by atoms with E-state index in [0.717, 1.165) is 18.5 Å². The molecule has 0 aromatic heterocycles. The molecule has 0 aromatic carbocycles. The highest BCUT2D eigenvalue weighted by atomic mass is 15.2. The van der Waals surface area contributed by atoms with Gasteiger partial charge in [0, 0.05) is 25.2 Å². The summed E-state index contributed by atoms with van der Waals surface area (Å²) in [7, 11) is 0. The van der Waals surface area contributed by atoms with E-state index in [4.69, 9.17) is 0 Å². The molecule has 3 heteroatoms. The van der Waals surface area contributed by atoms with Crippen LogP contribution in [0.1, 0.15) is 41.0 Å². The van der Waals surface area contributed by atoms with Crippen LogP contribution in [0.3, 0.4) is 0 Å². The van der Waals surface area contributed by atoms with Crippen molar-refractivity contribution < 1.29 is 0 Å². The van der Waals surface area contributed by atoms with E-state index in [-0.39, 0.29) is 0 Å². The third kappa shape index (κ3) is 5.25. The second-order valence-corrected chi connectivity index (χ2v) is 6.09. The molecule has 0 spiro atoms. The van der Waals surface area contributed by atoms with E-state index in [9.17, 15) is 0 Å². The molecule has 0 saturated carbocycles. The summed E-state index contributed by atoms with van der Waals surface area (Å²) in [4.78, 5) is 5.26. The summed E-state index contributed by atoms with van der Waals surface area (Å²) in [5, 5.41) is 3.54. The zero-order chi connectivity index (χ0) is 13.5. The zero-order valence-corrected chi connectivity index (χ0v) is 13.1. The summed E-state index contributed by atoms with van der Waals surface area (Å²) in [6.07, 6.45) is 1.35. The summed E-state index contributed by atoms with van der Waals surface area (Å²) >= 11 is 0. The van der Waals surface area contributed by atoms with E-state index in [1.807, 2.05) is 0 Å². The fourth-order valence-electron chi connectivity index (χ4n) is 2.96. The monoisotopic (exact) mass is 255 g/mol. The quantitative estimate of drug-likeness (QED) is 0.716. The molecular weight excluding hydrogens is 222 g/mol. The van der Waals surface area contributed by atoms with Gasteiger partial charge in [-0.2, -0.15) is 0 Å². The lowest BCUT2D eigenvalue weighted by Gasteiger charge is -2.27. The Bertz CT molecular complexity index is 214. The molecule has 1 rings (SSSR count). The van der Waals surface area contributed by atoms with Crippen molar-refractivity contribution in [2.75, 3.05) is 39.3 Å². The number of rotatable bonds is 8. The average molecular weight is 255 g/mol. The van der Waals surface area contributed by atoms with Crippen LogP contribution >= 0.6 is 0 Å². The first-order valence-corrected chi connectivity index (χ1v) is 7.76. The fourth-order valence-corrected chi connectivity index (χ4v) is 2.96. The summed E-state index contributed by atoms with van der Waals surface area (Å²) < 4.78 is 0. The van der Waals surface area contributed by atoms with Crippen LogP contribution in [0.5, 0.6) is 0 Å². The minimum absolute atomic E-state index is 0.606. The van der Waals surface area contributed by atoms with E-state index in [1.165, 1.54) is 39.1 Å². The molecule has 1 N–H and O–H groups in total. The van der Waals surface area contributed by atoms with Gasteiger partial charge in [-0.3, -0.25) is 4.90 Å². The first-order valence-electron chi connectivity index (χ1n) is 7.76. The Morgan fingerprint density at radius 3 is 2.44 bits per heavy atom. The molecular formula is C15H33N3. The van der Waals surface area contributed by atoms with Gasteiger partial charge in [0.15, 0.2) is 0 Å². The van der Waals surface area contributed by atoms with Gasteiger partial charge < -0.3 is 10.2 Å². The highest BCUT2D eigenvalue weighted by Crippen LogP contribution is 2.16. The van der Waals surface area contributed by atoms with Crippen molar-refractivity contribution in [1.82, 2.24) is 15.1 Å². The number of likely N-dealkylation sites (tertiary alicyclic amines) is 1. The Morgan fingerprint density at radius 1 is 1.22 bits per heavy atom. The van der Waals surface area contributed by atoms with Gasteiger partial charge in [-0.1, -0.05) is 34.6 Å². The van der Waals surface area contributed by atoms with Crippen LogP contribution in [-0.2, 0) is 0 Å². The van der Waals surface area contributed by atoms with Crippen LogP contribution in [0.4, 0.5) is 0 Å². The topological polar surface area (TPSA) is 18.5 Å². The molecule has 0 aromatic rings. The summed E-state index contributed by atoms with van der Waals surface area (Å²) in [6.45, 7) is 18.7. The predicted molar refractivity (Wildman–Crippen MR) is 80.1 cm³/mol. The molecule has 18 heavy (non-hydrogen) atoms. The fraction of sp³-hybridized carbons (Fsp3) is 1.00. The largest absolute Gasteiger partial charge is 0.314 e. The molecule has 2 unspecified atom stereocenters. The lowest BCUT2D eigenvalue weighted by atomic mass is 10.1. The maximum Gasteiger partial charge on any atom is 0.0235 e. The average Bonchev–Trinajstić information content (AvgIpc) is 2.76. The minimum Gasteiger partial charge on any atom is -0.314 e. The predicted octanol–water partition coefficient (Wildman–Crippen LogP) is 2.04. The molecule has 1 fully saturated rings. The van der Waals surface area contributed by atoms with Gasteiger partial charge in [-0.15, -0.1) is 0 Å². The normalized spacial score (nSPS) is 23.2. The standard InChI is InChI=1S/C15H33N3/c1-6-18(7-2)15-8-9-17(12-15)11-14(5)10-16-13(3)4/h13-16H,6-12H2,1-5H3. The van der Waals surface area contributed by atoms with Gasteiger partial charge in [0.2, 0.25) is 0 Å². The van der Waals surface area contributed by atoms with Crippen LogP contribution in [0.15, 0.2) is 0 Å². The Labute approximate surface area is 114 Å². The van der Waals surface area contributed by atoms with Gasteiger partial charge in [-0.25, -0.2) is 0 Å². The SMILES string of the molecule is CCN(CC)C1CCN(CC(C)CNC(C)C)C1. The highest BCUT2D eigenvalue weighted by Gasteiger charge is 2.26. The zero-order valence-electron chi connectivity index (χ0n) is 13.1. The van der Waals surface area contributed by atoms with Crippen molar-refractivity contribution in [2.45, 2.75) is 53.1 Å². The van der Waals surface area contributed by atoms with Crippen molar-refractivity contribution in [3.05, 3.63) is 0 Å². The second-order valence-electron chi connectivity index (χ2n) is 6.09. The smallest absolute Gasteiger partial charge is 0.0235 e. The van der Waals surface area contributed by atoms with E-state index >= 15 is 0 Å². The summed E-state index contributed by atoms with van der Waals surface area (Å²) in [6, 6.07) is 1.40. The molecule has 0 amide bonds. The number of nitrogens with zero attached hydrogens (tertiary/aromatic N) is 2. The number of hydrogen-bond acceptors (Lipinski definition) is 3. The third-order valence-corrected chi connectivity index (χ3v) is 4.02. The lowest BCUT2D eigenvalue weighted by molar-refractivity contribution is 0.202. The Hall–Kier alpha value is -0.120.